The summed E-state index contributed by atoms with van der Waals surface area (Å²) in [5, 5.41) is 19.2. The number of carbonyl (C=O) groups is 3. The molecule has 0 unspecified atom stereocenters. The van der Waals surface area contributed by atoms with Crippen molar-refractivity contribution in [3.8, 4) is 11.5 Å². The number of rotatable bonds is 11. The van der Waals surface area contributed by atoms with Crippen molar-refractivity contribution in [2.75, 3.05) is 19.8 Å². The summed E-state index contributed by atoms with van der Waals surface area (Å²) < 4.78 is 16.5. The Morgan fingerprint density at radius 2 is 1.97 bits per heavy atom. The van der Waals surface area contributed by atoms with E-state index in [9.17, 15) is 14.4 Å². The normalized spacial score (nSPS) is 14.9. The third-order valence-electron chi connectivity index (χ3n) is 5.12. The van der Waals surface area contributed by atoms with Gasteiger partial charge in [-0.1, -0.05) is 29.8 Å². The smallest absolute Gasteiger partial charge is 0.341 e. The zero-order chi connectivity index (χ0) is 28.5. The first-order valence-corrected chi connectivity index (χ1v) is 13.0. The summed E-state index contributed by atoms with van der Waals surface area (Å²) in [5.41, 5.74) is 4.36. The van der Waals surface area contributed by atoms with Gasteiger partial charge in [-0.15, -0.1) is 0 Å². The first kappa shape index (κ1) is 29.9. The monoisotopic (exact) mass is 638 g/mol. The molecule has 2 aromatic carbocycles. The molecule has 1 amide bonds. The van der Waals surface area contributed by atoms with Crippen molar-refractivity contribution in [2.24, 2.45) is 5.10 Å². The molecule has 0 saturated carbocycles. The van der Waals surface area contributed by atoms with Gasteiger partial charge in [0.15, 0.2) is 24.1 Å². The lowest BCUT2D eigenvalue weighted by Crippen LogP contribution is -2.45. The molecule has 4 N–H and O–H groups in total. The molecule has 0 bridgehead atoms. The van der Waals surface area contributed by atoms with Crippen LogP contribution in [0.25, 0.3) is 0 Å². The Balaban J connectivity index is 1.67. The average molecular weight is 640 g/mol. The molecule has 3 rings (SSSR count). The van der Waals surface area contributed by atoms with Gasteiger partial charge in [0.05, 0.1) is 33.9 Å². The Labute approximate surface area is 242 Å². The van der Waals surface area contributed by atoms with Gasteiger partial charge in [0.1, 0.15) is 5.75 Å². The molecule has 11 nitrogen and oxygen atoms in total. The van der Waals surface area contributed by atoms with Gasteiger partial charge >= 0.3 is 11.9 Å². The molecule has 206 valence electrons. The zero-order valence-electron chi connectivity index (χ0n) is 20.7. The van der Waals surface area contributed by atoms with Crippen LogP contribution in [0.1, 0.15) is 31.0 Å². The van der Waals surface area contributed by atoms with Crippen LogP contribution in [0.3, 0.4) is 0 Å². The number of carbonyl (C=O) groups excluding carboxylic acids is 2. The average Bonchev–Trinajstić information content (AvgIpc) is 2.86. The van der Waals surface area contributed by atoms with Crippen LogP contribution in [0.5, 0.6) is 11.5 Å². The van der Waals surface area contributed by atoms with E-state index in [1.165, 1.54) is 12.3 Å². The number of nitrogens with zero attached hydrogens (tertiary/aromatic N) is 1. The van der Waals surface area contributed by atoms with Crippen molar-refractivity contribution in [2.45, 2.75) is 19.9 Å². The Kier molecular flexibility index (Phi) is 10.7. The number of aliphatic carboxylic acids is 1. The summed E-state index contributed by atoms with van der Waals surface area (Å²) in [6.07, 6.45) is 1.35. The Hall–Kier alpha value is -3.68. The summed E-state index contributed by atoms with van der Waals surface area (Å²) in [4.78, 5) is 35.8. The number of para-hydroxylation sites is 1. The number of carboxylic acids is 1. The third-order valence-corrected chi connectivity index (χ3v) is 6.21. The second-order valence-electron chi connectivity index (χ2n) is 7.91. The standard InChI is InChI=1S/C25H24BrClN4O7S/c1-3-36-24(35)21-13(2)29-25(39)30-22(21)15-6-4-5-7-18(15)37-11-19(32)31-28-10-14-8-16(26)23(17(27)9-14)38-12-20(33)34/h4-10,22H,3,11-12H2,1-2H3,(H,31,32)(H,33,34)(H2,29,30,39)/t22-/m1/s1. The molecule has 0 aromatic heterocycles. The summed E-state index contributed by atoms with van der Waals surface area (Å²) in [6.45, 7) is 2.73. The number of esters is 1. The summed E-state index contributed by atoms with van der Waals surface area (Å²) in [5.74, 6) is -1.65. The maximum absolute atomic E-state index is 12.7. The van der Waals surface area contributed by atoms with Gasteiger partial charge in [0, 0.05) is 11.3 Å². The van der Waals surface area contributed by atoms with Crippen LogP contribution in [0.4, 0.5) is 0 Å². The van der Waals surface area contributed by atoms with Crippen molar-refractivity contribution in [1.82, 2.24) is 16.1 Å². The van der Waals surface area contributed by atoms with Gasteiger partial charge in [0.2, 0.25) is 0 Å². The lowest BCUT2D eigenvalue weighted by molar-refractivity contribution is -0.140. The van der Waals surface area contributed by atoms with E-state index in [1.807, 2.05) is 0 Å². The first-order valence-electron chi connectivity index (χ1n) is 11.4. The summed E-state index contributed by atoms with van der Waals surface area (Å²) in [6, 6.07) is 9.39. The highest BCUT2D eigenvalue weighted by Gasteiger charge is 2.32. The van der Waals surface area contributed by atoms with Crippen LogP contribution in [0, 0.1) is 0 Å². The van der Waals surface area contributed by atoms with E-state index < -0.39 is 30.5 Å². The highest BCUT2D eigenvalue weighted by Crippen LogP contribution is 2.35. The number of amides is 1. The van der Waals surface area contributed by atoms with Crippen LogP contribution in [-0.2, 0) is 19.1 Å². The van der Waals surface area contributed by atoms with Gasteiger partial charge in [-0.3, -0.25) is 4.79 Å². The largest absolute Gasteiger partial charge is 0.483 e. The zero-order valence-corrected chi connectivity index (χ0v) is 23.9. The number of nitrogens with one attached hydrogen (secondary N) is 3. The molecule has 1 aliphatic rings. The number of hydrogen-bond donors (Lipinski definition) is 4. The number of hydrogen-bond acceptors (Lipinski definition) is 8. The molecule has 39 heavy (non-hydrogen) atoms. The molecule has 0 fully saturated rings. The SMILES string of the molecule is CCOC(=O)C1=C(C)NC(=S)N[C@@H]1c1ccccc1OCC(=O)NN=Cc1cc(Cl)c(OCC(=O)O)c(Br)c1. The molecule has 14 heteroatoms. The summed E-state index contributed by atoms with van der Waals surface area (Å²) >= 11 is 14.7. The molecule has 1 atom stereocenters. The van der Waals surface area contributed by atoms with Gasteiger partial charge in [0.25, 0.3) is 5.91 Å². The van der Waals surface area contributed by atoms with E-state index in [2.05, 4.69) is 37.1 Å². The maximum Gasteiger partial charge on any atom is 0.341 e. The number of hydrazone groups is 1. The van der Waals surface area contributed by atoms with Crippen molar-refractivity contribution < 1.29 is 33.7 Å². The van der Waals surface area contributed by atoms with Crippen molar-refractivity contribution in [3.63, 3.8) is 0 Å². The van der Waals surface area contributed by atoms with Crippen LogP contribution in [0.15, 0.2) is 57.2 Å². The van der Waals surface area contributed by atoms with Crippen LogP contribution in [0.2, 0.25) is 5.02 Å². The van der Waals surface area contributed by atoms with Gasteiger partial charge in [-0.25, -0.2) is 15.0 Å². The van der Waals surface area contributed by atoms with Gasteiger partial charge in [-0.2, -0.15) is 5.10 Å². The molecule has 0 spiro atoms. The Bertz CT molecular complexity index is 1330. The number of allylic oxidation sites excluding steroid dienone is 1. The lowest BCUT2D eigenvalue weighted by atomic mass is 9.95. The summed E-state index contributed by atoms with van der Waals surface area (Å²) in [7, 11) is 0. The highest BCUT2D eigenvalue weighted by molar-refractivity contribution is 9.10. The van der Waals surface area contributed by atoms with Crippen LogP contribution >= 0.6 is 39.7 Å². The molecule has 0 radical (unpaired) electrons. The predicted molar refractivity (Wildman–Crippen MR) is 151 cm³/mol. The number of benzene rings is 2. The van der Waals surface area contributed by atoms with E-state index in [-0.39, 0.29) is 24.0 Å². The maximum atomic E-state index is 12.7. The lowest BCUT2D eigenvalue weighted by Gasteiger charge is -2.30. The minimum atomic E-state index is -1.14. The Morgan fingerprint density at radius 3 is 2.67 bits per heavy atom. The van der Waals surface area contributed by atoms with Crippen molar-refractivity contribution in [3.05, 3.63) is 68.3 Å². The second kappa shape index (κ2) is 13.9. The van der Waals surface area contributed by atoms with E-state index in [0.717, 1.165) is 0 Å². The molecule has 1 heterocycles. The fourth-order valence-corrected chi connectivity index (χ4v) is 4.80. The third kappa shape index (κ3) is 8.15. The van der Waals surface area contributed by atoms with Crippen molar-refractivity contribution in [1.29, 1.82) is 0 Å². The minimum absolute atomic E-state index is 0.163. The predicted octanol–water partition coefficient (Wildman–Crippen LogP) is 3.45. The number of halogens is 2. The molecule has 0 saturated heterocycles. The van der Waals surface area contributed by atoms with E-state index >= 15 is 0 Å². The molecular weight excluding hydrogens is 616 g/mol. The van der Waals surface area contributed by atoms with E-state index in [1.54, 1.807) is 44.2 Å². The van der Waals surface area contributed by atoms with E-state index in [0.29, 0.717) is 37.7 Å². The van der Waals surface area contributed by atoms with E-state index in [4.69, 9.17) is 43.1 Å². The molecule has 0 aliphatic carbocycles. The second-order valence-corrected chi connectivity index (χ2v) is 9.58. The number of ether oxygens (including phenoxy) is 3. The number of thiocarbonyl (C=S) groups is 1. The number of carboxylic acid groups (broad SMARTS) is 1. The first-order chi connectivity index (χ1) is 18.6. The van der Waals surface area contributed by atoms with Crippen LogP contribution < -0.4 is 25.5 Å². The molecular formula is C25H24BrClN4O7S. The van der Waals surface area contributed by atoms with Crippen molar-refractivity contribution >= 4 is 68.9 Å². The van der Waals surface area contributed by atoms with Crippen LogP contribution in [-0.4, -0.2) is 54.1 Å². The fraction of sp³-hybridized carbons (Fsp3) is 0.240. The minimum Gasteiger partial charge on any atom is -0.483 e. The fourth-order valence-electron chi connectivity index (χ4n) is 3.54. The molecule has 2 aromatic rings. The Morgan fingerprint density at radius 1 is 1.23 bits per heavy atom. The highest BCUT2D eigenvalue weighted by atomic mass is 79.9. The topological polar surface area (TPSA) is 148 Å². The molecule has 1 aliphatic heterocycles. The van der Waals surface area contributed by atoms with Gasteiger partial charge in [-0.05, 0) is 65.8 Å². The quantitative estimate of drug-likeness (QED) is 0.125. The van der Waals surface area contributed by atoms with Gasteiger partial charge < -0.3 is 30.0 Å².